The molecule has 4 nitrogen and oxygen atoms in total. The summed E-state index contributed by atoms with van der Waals surface area (Å²) in [6, 6.07) is 24.6. The third kappa shape index (κ3) is 4.71. The minimum Gasteiger partial charge on any atom is -0.348 e. The van der Waals surface area contributed by atoms with E-state index in [2.05, 4.69) is 80.0 Å². The lowest BCUT2D eigenvalue weighted by atomic mass is 9.68. The molecule has 2 aliphatic carbocycles. The number of benzene rings is 3. The van der Waals surface area contributed by atoms with Gasteiger partial charge in [0, 0.05) is 34.0 Å². The van der Waals surface area contributed by atoms with Crippen LogP contribution in [-0.2, 0) is 6.54 Å². The highest BCUT2D eigenvalue weighted by Gasteiger charge is 2.59. The smallest absolute Gasteiger partial charge is 0.257 e. The molecule has 1 unspecified atom stereocenters. The van der Waals surface area contributed by atoms with E-state index in [1.54, 1.807) is 18.0 Å². The van der Waals surface area contributed by atoms with E-state index in [4.69, 9.17) is 0 Å². The van der Waals surface area contributed by atoms with Gasteiger partial charge in [-0.25, -0.2) is 0 Å². The van der Waals surface area contributed by atoms with E-state index < -0.39 is 0 Å². The number of pyridine rings is 1. The van der Waals surface area contributed by atoms with E-state index in [0.29, 0.717) is 17.8 Å². The topological polar surface area (TPSA) is 51.1 Å². The molecule has 1 N–H and O–H groups in total. The third-order valence-electron chi connectivity index (χ3n) is 9.26. The van der Waals surface area contributed by atoms with Gasteiger partial charge >= 0.3 is 0 Å². The van der Waals surface area contributed by atoms with Crippen LogP contribution in [0, 0.1) is 23.7 Å². The molecule has 39 heavy (non-hydrogen) atoms. The maximum absolute atomic E-state index is 13.8. The number of aromatic nitrogens is 1. The van der Waals surface area contributed by atoms with Crippen LogP contribution in [0.1, 0.15) is 61.5 Å². The average Bonchev–Trinajstić information content (AvgIpc) is 3.40. The van der Waals surface area contributed by atoms with Crippen molar-refractivity contribution in [3.63, 3.8) is 0 Å². The van der Waals surface area contributed by atoms with Gasteiger partial charge in [-0.3, -0.25) is 9.59 Å². The second-order valence-corrected chi connectivity index (χ2v) is 13.6. The number of rotatable bonds is 6. The second-order valence-electron chi connectivity index (χ2n) is 12.4. The van der Waals surface area contributed by atoms with Crippen molar-refractivity contribution in [3.8, 4) is 0 Å². The van der Waals surface area contributed by atoms with Crippen molar-refractivity contribution in [1.82, 2.24) is 9.88 Å². The number of nitrogens with one attached hydrogen (secondary N) is 1. The van der Waals surface area contributed by atoms with Crippen molar-refractivity contribution in [3.05, 3.63) is 106 Å². The monoisotopic (exact) mass is 536 g/mol. The number of nitrogens with zero attached hydrogens (tertiary/aromatic N) is 1. The van der Waals surface area contributed by atoms with Gasteiger partial charge in [-0.05, 0) is 78.8 Å². The fourth-order valence-corrected chi connectivity index (χ4v) is 8.10. The predicted molar refractivity (Wildman–Crippen MR) is 160 cm³/mol. The molecule has 0 radical (unpaired) electrons. The first-order valence-electron chi connectivity index (χ1n) is 13.9. The van der Waals surface area contributed by atoms with Crippen molar-refractivity contribution in [1.29, 1.82) is 0 Å². The van der Waals surface area contributed by atoms with E-state index in [1.165, 1.54) is 12.0 Å². The van der Waals surface area contributed by atoms with Crippen molar-refractivity contribution in [2.75, 3.05) is 0 Å². The number of fused-ring (bicyclic) bond motifs is 3. The molecule has 0 saturated heterocycles. The maximum atomic E-state index is 13.8. The lowest BCUT2D eigenvalue weighted by Crippen LogP contribution is -2.53. The van der Waals surface area contributed by atoms with Crippen LogP contribution in [0.5, 0.6) is 0 Å². The normalized spacial score (nSPS) is 23.3. The zero-order valence-corrected chi connectivity index (χ0v) is 24.0. The first-order chi connectivity index (χ1) is 18.6. The molecular formula is C34H36N2O2S. The fraction of sp³-hybridized carbons (Fsp3) is 0.353. The van der Waals surface area contributed by atoms with Crippen LogP contribution in [0.3, 0.4) is 0 Å². The van der Waals surface area contributed by atoms with Gasteiger partial charge in [-0.2, -0.15) is 0 Å². The van der Waals surface area contributed by atoms with E-state index in [1.807, 2.05) is 30.3 Å². The molecule has 1 amide bonds. The highest BCUT2D eigenvalue weighted by Crippen LogP contribution is 2.62. The Morgan fingerprint density at radius 2 is 1.79 bits per heavy atom. The zero-order chi connectivity index (χ0) is 27.4. The Bertz CT molecular complexity index is 1620. The molecule has 2 saturated carbocycles. The van der Waals surface area contributed by atoms with Crippen LogP contribution in [0.15, 0.2) is 93.6 Å². The summed E-state index contributed by atoms with van der Waals surface area (Å²) in [6.07, 6.45) is 5.27. The quantitative estimate of drug-likeness (QED) is 0.278. The average molecular weight is 537 g/mol. The number of aryl methyl sites for hydroxylation is 1. The Kier molecular flexibility index (Phi) is 6.46. The molecule has 1 aromatic heterocycles. The van der Waals surface area contributed by atoms with Crippen LogP contribution in [0.25, 0.3) is 10.9 Å². The minimum absolute atomic E-state index is 0.0175. The zero-order valence-electron chi connectivity index (χ0n) is 23.2. The summed E-state index contributed by atoms with van der Waals surface area (Å²) in [5.41, 5.74) is 3.28. The second kappa shape index (κ2) is 9.71. The molecular weight excluding hydrogens is 500 g/mol. The van der Waals surface area contributed by atoms with Crippen molar-refractivity contribution >= 4 is 28.6 Å². The summed E-state index contributed by atoms with van der Waals surface area (Å²) in [6.45, 7) is 9.50. The summed E-state index contributed by atoms with van der Waals surface area (Å²) in [7, 11) is 0. The molecule has 5 heteroatoms. The van der Waals surface area contributed by atoms with Crippen LogP contribution < -0.4 is 10.7 Å². The van der Waals surface area contributed by atoms with Crippen LogP contribution in [0.4, 0.5) is 0 Å². The van der Waals surface area contributed by atoms with Gasteiger partial charge in [0.25, 0.3) is 5.91 Å². The van der Waals surface area contributed by atoms with Gasteiger partial charge in [-0.1, -0.05) is 80.6 Å². The first-order valence-corrected chi connectivity index (χ1v) is 14.7. The molecule has 1 heterocycles. The van der Waals surface area contributed by atoms with Crippen LogP contribution >= 0.6 is 11.8 Å². The Balaban J connectivity index is 1.41. The summed E-state index contributed by atoms with van der Waals surface area (Å²) >= 11 is 1.67. The van der Waals surface area contributed by atoms with E-state index in [9.17, 15) is 9.59 Å². The molecule has 200 valence electrons. The highest BCUT2D eigenvalue weighted by atomic mass is 32.2. The van der Waals surface area contributed by atoms with Crippen molar-refractivity contribution in [2.45, 2.75) is 69.3 Å². The van der Waals surface area contributed by atoms with Gasteiger partial charge in [0.2, 0.25) is 5.43 Å². The number of hydrogen-bond acceptors (Lipinski definition) is 3. The Morgan fingerprint density at radius 3 is 2.51 bits per heavy atom. The summed E-state index contributed by atoms with van der Waals surface area (Å²) in [5.74, 6) is 0.359. The molecule has 0 aliphatic heterocycles. The third-order valence-corrected chi connectivity index (χ3v) is 10.3. The molecule has 0 spiro atoms. The van der Waals surface area contributed by atoms with Gasteiger partial charge in [0.15, 0.2) is 0 Å². The van der Waals surface area contributed by atoms with Crippen molar-refractivity contribution < 1.29 is 4.79 Å². The predicted octanol–water partition coefficient (Wildman–Crippen LogP) is 7.45. The minimum atomic E-state index is -0.255. The summed E-state index contributed by atoms with van der Waals surface area (Å²) < 4.78 is 2.07. The number of carbonyl (C=O) groups excluding carboxylic acids is 1. The first kappa shape index (κ1) is 25.9. The Hall–Kier alpha value is -3.31. The van der Waals surface area contributed by atoms with E-state index >= 15 is 0 Å². The molecule has 2 aliphatic rings. The molecule has 2 fully saturated rings. The van der Waals surface area contributed by atoms with Crippen LogP contribution in [0.2, 0.25) is 0 Å². The molecule has 3 aromatic carbocycles. The van der Waals surface area contributed by atoms with E-state index in [-0.39, 0.29) is 33.8 Å². The van der Waals surface area contributed by atoms with Gasteiger partial charge in [0.05, 0.1) is 5.52 Å². The Morgan fingerprint density at radius 1 is 1.00 bits per heavy atom. The fourth-order valence-electron chi connectivity index (χ4n) is 7.23. The summed E-state index contributed by atoms with van der Waals surface area (Å²) in [5, 5.41) is 3.93. The molecule has 4 aromatic rings. The molecule has 6 rings (SSSR count). The largest absolute Gasteiger partial charge is 0.348 e. The van der Waals surface area contributed by atoms with Crippen molar-refractivity contribution in [2.24, 2.45) is 16.7 Å². The highest BCUT2D eigenvalue weighted by molar-refractivity contribution is 7.99. The Labute approximate surface area is 234 Å². The van der Waals surface area contributed by atoms with Gasteiger partial charge in [-0.15, -0.1) is 0 Å². The van der Waals surface area contributed by atoms with E-state index in [0.717, 1.165) is 33.7 Å². The summed E-state index contributed by atoms with van der Waals surface area (Å²) in [4.78, 5) is 29.8. The van der Waals surface area contributed by atoms with Crippen LogP contribution in [-0.4, -0.2) is 16.5 Å². The SMILES string of the molecule is Cc1cccc(Cn2cc(C(=O)N[C@@H]3C(C)(C)C4CC[C@]3(C)C4)c(=O)c3ccc(Sc4ccccc4)cc32)c1. The van der Waals surface area contributed by atoms with Gasteiger partial charge < -0.3 is 9.88 Å². The number of carbonyl (C=O) groups is 1. The lowest BCUT2D eigenvalue weighted by Gasteiger charge is -2.43. The standard InChI is InChI=1S/C34H36N2O2S/c1-22-9-8-10-23(17-22)20-36-21-28(31(38)35-32-33(2,3)24-15-16-34(32,4)19-24)30(37)27-14-13-26(18-29(27)36)39-25-11-6-5-7-12-25/h5-14,17-18,21,24,32H,15-16,19-20H2,1-4H3,(H,35,38)/t24?,32-,34-/m1/s1. The molecule has 3 atom stereocenters. The number of amides is 1. The molecule has 2 bridgehead atoms. The van der Waals surface area contributed by atoms with Gasteiger partial charge in [0.1, 0.15) is 5.56 Å². The lowest BCUT2D eigenvalue weighted by molar-refractivity contribution is 0.0736. The maximum Gasteiger partial charge on any atom is 0.257 e. The number of hydrogen-bond donors (Lipinski definition) is 1.